The van der Waals surface area contributed by atoms with Crippen LogP contribution in [0.25, 0.3) is 17.3 Å². The summed E-state index contributed by atoms with van der Waals surface area (Å²) in [6, 6.07) is 19.8. The molecule has 276 valence electrons. The summed E-state index contributed by atoms with van der Waals surface area (Å²) in [4.78, 5) is 48.6. The largest absolute Gasteiger partial charge is 0.368 e. The van der Waals surface area contributed by atoms with E-state index in [9.17, 15) is 24.8 Å². The third-order valence-corrected chi connectivity index (χ3v) is 10.5. The minimum Gasteiger partial charge on any atom is -0.368 e. The van der Waals surface area contributed by atoms with Crippen molar-refractivity contribution in [1.82, 2.24) is 15.0 Å². The van der Waals surface area contributed by atoms with Crippen molar-refractivity contribution in [2.75, 3.05) is 18.0 Å². The van der Waals surface area contributed by atoms with Gasteiger partial charge in [-0.2, -0.15) is 10.3 Å². The monoisotopic (exact) mass is 723 g/mol. The Morgan fingerprint density at radius 3 is 1.96 bits per heavy atom. The lowest BCUT2D eigenvalue weighted by Crippen LogP contribution is -2.59. The first kappa shape index (κ1) is 40.2. The van der Waals surface area contributed by atoms with Crippen molar-refractivity contribution in [3.63, 3.8) is 0 Å². The predicted octanol–water partition coefficient (Wildman–Crippen LogP) is 9.33. The number of unbranched alkanes of at least 4 members (excludes halogenated alkanes) is 10. The van der Waals surface area contributed by atoms with Crippen LogP contribution in [0.3, 0.4) is 0 Å². The molecule has 10 heteroatoms. The van der Waals surface area contributed by atoms with E-state index in [0.29, 0.717) is 10.0 Å². The molecular weight excluding hydrogens is 671 g/mol. The van der Waals surface area contributed by atoms with Gasteiger partial charge in [-0.3, -0.25) is 14.4 Å². The summed E-state index contributed by atoms with van der Waals surface area (Å²) in [6.07, 6.45) is 14.3. The fourth-order valence-corrected chi connectivity index (χ4v) is 7.52. The highest BCUT2D eigenvalue weighted by Gasteiger charge is 2.43. The number of thiazole rings is 1. The van der Waals surface area contributed by atoms with Crippen LogP contribution in [-0.4, -0.2) is 57.1 Å². The summed E-state index contributed by atoms with van der Waals surface area (Å²) in [5, 5.41) is 24.2. The van der Waals surface area contributed by atoms with Crippen LogP contribution in [0.2, 0.25) is 0 Å². The lowest BCUT2D eigenvalue weighted by Gasteiger charge is -2.39. The lowest BCUT2D eigenvalue weighted by atomic mass is 9.94. The molecule has 0 spiro atoms. The fourth-order valence-electron chi connectivity index (χ4n) is 6.43. The molecule has 0 radical (unpaired) electrons. The van der Waals surface area contributed by atoms with E-state index in [4.69, 9.17) is 4.98 Å². The standard InChI is InChI=1S/C42H53N5O4S/c1-5-7-9-11-13-21-27-45(28-22-14-12-10-8-6-2)42-44-38(33-23-17-15-18-24-33)37(52-42)29-35-31(3)36(30-43)41(51)47(40(35)50)46(32(4)48)39(49)34-25-19-16-20-26-34/h15-20,23-26,29,40,50H,5-14,21-22,27-28H2,1-4H3/b35-29-. The molecule has 1 aromatic heterocycles. The smallest absolute Gasteiger partial charge is 0.286 e. The molecule has 0 fully saturated rings. The third-order valence-electron chi connectivity index (χ3n) is 9.39. The Hall–Kier alpha value is -4.59. The molecule has 3 aromatic rings. The Labute approximate surface area is 313 Å². The first-order valence-corrected chi connectivity index (χ1v) is 19.6. The molecule has 52 heavy (non-hydrogen) atoms. The molecule has 0 saturated heterocycles. The van der Waals surface area contributed by atoms with Crippen molar-refractivity contribution in [3.8, 4) is 17.3 Å². The molecule has 9 nitrogen and oxygen atoms in total. The van der Waals surface area contributed by atoms with Gasteiger partial charge in [0.2, 0.25) is 5.91 Å². The second-order valence-electron chi connectivity index (χ2n) is 13.3. The molecule has 3 amide bonds. The van der Waals surface area contributed by atoms with Gasteiger partial charge in [0, 0.05) is 36.7 Å². The van der Waals surface area contributed by atoms with E-state index in [-0.39, 0.29) is 22.3 Å². The molecule has 1 N–H and O–H groups in total. The van der Waals surface area contributed by atoms with E-state index in [1.165, 1.54) is 74.8 Å². The van der Waals surface area contributed by atoms with Gasteiger partial charge in [0.25, 0.3) is 11.8 Å². The number of anilines is 1. The maximum Gasteiger partial charge on any atom is 0.286 e. The van der Waals surface area contributed by atoms with Crippen molar-refractivity contribution in [2.24, 2.45) is 0 Å². The van der Waals surface area contributed by atoms with E-state index in [2.05, 4.69) is 18.7 Å². The van der Waals surface area contributed by atoms with Crippen LogP contribution in [0, 0.1) is 11.3 Å². The quantitative estimate of drug-likeness (QED) is 0.123. The van der Waals surface area contributed by atoms with E-state index in [1.807, 2.05) is 36.4 Å². The summed E-state index contributed by atoms with van der Waals surface area (Å²) in [7, 11) is 0. The molecule has 0 bridgehead atoms. The number of aliphatic hydroxyl groups excluding tert-OH is 1. The van der Waals surface area contributed by atoms with Crippen molar-refractivity contribution in [3.05, 3.63) is 87.8 Å². The number of carbonyl (C=O) groups is 3. The summed E-state index contributed by atoms with van der Waals surface area (Å²) in [5.74, 6) is -2.49. The number of imide groups is 1. The van der Waals surface area contributed by atoms with Crippen LogP contribution in [-0.2, 0) is 9.59 Å². The number of hydrogen-bond acceptors (Lipinski definition) is 8. The zero-order valence-electron chi connectivity index (χ0n) is 31.1. The second kappa shape index (κ2) is 20.4. The Morgan fingerprint density at radius 1 is 0.885 bits per heavy atom. The Balaban J connectivity index is 1.76. The van der Waals surface area contributed by atoms with Crippen molar-refractivity contribution in [2.45, 2.75) is 111 Å². The van der Waals surface area contributed by atoms with Crippen LogP contribution in [0.15, 0.2) is 77.4 Å². The SMILES string of the molecule is CCCCCCCCN(CCCCCCCC)c1nc(-c2ccccc2)c(/C=C2/C(C)=C(C#N)C(=O)N(N(C(C)=O)C(=O)c3ccccc3)C2O)s1. The van der Waals surface area contributed by atoms with Crippen LogP contribution in [0.5, 0.6) is 0 Å². The highest BCUT2D eigenvalue weighted by atomic mass is 32.1. The van der Waals surface area contributed by atoms with Gasteiger partial charge < -0.3 is 10.0 Å². The molecule has 2 heterocycles. The van der Waals surface area contributed by atoms with Crippen LogP contribution < -0.4 is 4.90 Å². The average Bonchev–Trinajstić information content (AvgIpc) is 3.58. The highest BCUT2D eigenvalue weighted by Crippen LogP contribution is 2.39. The van der Waals surface area contributed by atoms with Crippen LogP contribution in [0.4, 0.5) is 5.13 Å². The Bertz CT molecular complexity index is 1730. The topological polar surface area (TPSA) is 118 Å². The molecule has 4 rings (SSSR count). The molecule has 0 saturated carbocycles. The number of amides is 3. The number of hydrogen-bond donors (Lipinski definition) is 1. The number of aliphatic hydroxyl groups is 1. The van der Waals surface area contributed by atoms with Gasteiger partial charge in [0.1, 0.15) is 11.6 Å². The van der Waals surface area contributed by atoms with E-state index in [0.717, 1.165) is 67.0 Å². The average molecular weight is 724 g/mol. The van der Waals surface area contributed by atoms with Crippen molar-refractivity contribution in [1.29, 1.82) is 5.26 Å². The van der Waals surface area contributed by atoms with Crippen LogP contribution in [0.1, 0.15) is 120 Å². The number of rotatable bonds is 19. The maximum atomic E-state index is 13.7. The summed E-state index contributed by atoms with van der Waals surface area (Å²) in [5.41, 5.74) is 2.01. The minimum atomic E-state index is -1.72. The maximum absolute atomic E-state index is 13.7. The second-order valence-corrected chi connectivity index (χ2v) is 14.3. The van der Waals surface area contributed by atoms with E-state index in [1.54, 1.807) is 31.2 Å². The predicted molar refractivity (Wildman–Crippen MR) is 209 cm³/mol. The Kier molecular flexibility index (Phi) is 15.8. The van der Waals surface area contributed by atoms with Gasteiger partial charge in [-0.05, 0) is 43.5 Å². The number of hydrazine groups is 1. The third kappa shape index (κ3) is 10.3. The summed E-state index contributed by atoms with van der Waals surface area (Å²) < 4.78 is 0. The normalized spacial score (nSPS) is 15.2. The summed E-state index contributed by atoms with van der Waals surface area (Å²) >= 11 is 1.50. The lowest BCUT2D eigenvalue weighted by molar-refractivity contribution is -0.169. The van der Waals surface area contributed by atoms with Gasteiger partial charge >= 0.3 is 0 Å². The van der Waals surface area contributed by atoms with Crippen LogP contribution >= 0.6 is 11.3 Å². The van der Waals surface area contributed by atoms with Crippen molar-refractivity contribution >= 4 is 40.3 Å². The number of nitriles is 1. The minimum absolute atomic E-state index is 0.155. The number of benzene rings is 2. The molecular formula is C42H53N5O4S. The highest BCUT2D eigenvalue weighted by molar-refractivity contribution is 7.17. The molecule has 1 aliphatic heterocycles. The number of carbonyl (C=O) groups excluding carboxylic acids is 3. The number of nitrogens with zero attached hydrogens (tertiary/aromatic N) is 5. The Morgan fingerprint density at radius 2 is 1.42 bits per heavy atom. The molecule has 1 atom stereocenters. The molecule has 1 aliphatic rings. The molecule has 1 unspecified atom stereocenters. The summed E-state index contributed by atoms with van der Waals surface area (Å²) in [6.45, 7) is 8.98. The van der Waals surface area contributed by atoms with Gasteiger partial charge in [0.05, 0.1) is 10.6 Å². The van der Waals surface area contributed by atoms with Gasteiger partial charge in [-0.25, -0.2) is 9.99 Å². The first-order chi connectivity index (χ1) is 25.2. The zero-order chi connectivity index (χ0) is 37.5. The first-order valence-electron chi connectivity index (χ1n) is 18.8. The fraction of sp³-hybridized carbons (Fsp3) is 0.452. The zero-order valence-corrected chi connectivity index (χ0v) is 32.0. The van der Waals surface area contributed by atoms with Gasteiger partial charge in [-0.1, -0.05) is 138 Å². The van der Waals surface area contributed by atoms with E-state index < -0.39 is 23.9 Å². The van der Waals surface area contributed by atoms with Gasteiger partial charge in [0.15, 0.2) is 11.4 Å². The molecule has 2 aromatic carbocycles. The van der Waals surface area contributed by atoms with E-state index >= 15 is 0 Å². The van der Waals surface area contributed by atoms with Crippen molar-refractivity contribution < 1.29 is 19.5 Å². The molecule has 0 aliphatic carbocycles. The number of aromatic nitrogens is 1. The van der Waals surface area contributed by atoms with Gasteiger partial charge in [-0.15, -0.1) is 0 Å².